The minimum atomic E-state index is -0.557. The van der Waals surface area contributed by atoms with E-state index in [-0.39, 0.29) is 0 Å². The average Bonchev–Trinajstić information content (AvgIpc) is 2.52. The van der Waals surface area contributed by atoms with Crippen LogP contribution in [0.1, 0.15) is 5.56 Å². The van der Waals surface area contributed by atoms with E-state index in [1.54, 1.807) is 6.08 Å². The maximum atomic E-state index is 10.8. The molecule has 0 aromatic heterocycles. The van der Waals surface area contributed by atoms with Gasteiger partial charge < -0.3 is 10.9 Å². The molecule has 20 heavy (non-hydrogen) atoms. The van der Waals surface area contributed by atoms with Gasteiger partial charge in [0.2, 0.25) is 0 Å². The smallest absolute Gasteiger partial charge is 0.267 e. The summed E-state index contributed by atoms with van der Waals surface area (Å²) in [6, 6.07) is 17.2. The summed E-state index contributed by atoms with van der Waals surface area (Å²) in [6.45, 7) is 0. The number of hydroxylamine groups is 1. The van der Waals surface area contributed by atoms with Crippen LogP contribution in [0.5, 0.6) is 0 Å². The number of anilines is 2. The first-order chi connectivity index (χ1) is 9.78. The Morgan fingerprint density at radius 3 is 2.10 bits per heavy atom. The van der Waals surface area contributed by atoms with Gasteiger partial charge in [-0.05, 0) is 35.9 Å². The van der Waals surface area contributed by atoms with Crippen molar-refractivity contribution in [2.75, 3.05) is 10.9 Å². The van der Waals surface area contributed by atoms with Crippen molar-refractivity contribution >= 4 is 23.4 Å². The number of hydrogen-bond acceptors (Lipinski definition) is 4. The molecule has 0 fully saturated rings. The summed E-state index contributed by atoms with van der Waals surface area (Å²) in [5.74, 6) is -0.557. The number of nitrogens with one attached hydrogen (secondary N) is 3. The number of hydrazine groups is 1. The van der Waals surface area contributed by atoms with Crippen LogP contribution < -0.4 is 16.3 Å². The summed E-state index contributed by atoms with van der Waals surface area (Å²) in [4.78, 5) is 10.8. The van der Waals surface area contributed by atoms with Gasteiger partial charge in [0.05, 0.1) is 11.4 Å². The van der Waals surface area contributed by atoms with Crippen molar-refractivity contribution in [3.63, 3.8) is 0 Å². The minimum absolute atomic E-state index is 0.557. The van der Waals surface area contributed by atoms with Crippen LogP contribution >= 0.6 is 0 Å². The normalized spacial score (nSPS) is 10.2. The minimum Gasteiger partial charge on any atom is -0.301 e. The number of hydrogen-bond donors (Lipinski definition) is 4. The second-order valence-corrected chi connectivity index (χ2v) is 4.05. The van der Waals surface area contributed by atoms with Gasteiger partial charge in [-0.2, -0.15) is 0 Å². The fourth-order valence-corrected chi connectivity index (χ4v) is 1.55. The predicted molar refractivity (Wildman–Crippen MR) is 79.1 cm³/mol. The van der Waals surface area contributed by atoms with E-state index in [1.807, 2.05) is 54.6 Å². The number of benzene rings is 2. The van der Waals surface area contributed by atoms with E-state index in [1.165, 1.54) is 11.6 Å². The average molecular weight is 269 g/mol. The first-order valence-electron chi connectivity index (χ1n) is 6.07. The zero-order chi connectivity index (χ0) is 14.2. The van der Waals surface area contributed by atoms with Gasteiger partial charge in [-0.1, -0.05) is 30.3 Å². The second-order valence-electron chi connectivity index (χ2n) is 4.05. The lowest BCUT2D eigenvalue weighted by atomic mass is 10.2. The SMILES string of the molecule is O=C(/C=C/c1ccc(NNc2ccccc2)cc1)NO. The Morgan fingerprint density at radius 2 is 1.50 bits per heavy atom. The van der Waals surface area contributed by atoms with Gasteiger partial charge in [0, 0.05) is 6.08 Å². The standard InChI is InChI=1S/C15H15N3O2/c19-15(18-20)11-8-12-6-9-14(10-7-12)17-16-13-4-2-1-3-5-13/h1-11,16-17,20H,(H,18,19)/b11-8+. The molecule has 0 radical (unpaired) electrons. The molecule has 0 aliphatic heterocycles. The van der Waals surface area contributed by atoms with Crippen LogP contribution in [0.15, 0.2) is 60.7 Å². The Bertz CT molecular complexity index is 580. The highest BCUT2D eigenvalue weighted by atomic mass is 16.5. The first-order valence-corrected chi connectivity index (χ1v) is 6.07. The van der Waals surface area contributed by atoms with E-state index >= 15 is 0 Å². The van der Waals surface area contributed by atoms with Crippen molar-refractivity contribution in [2.24, 2.45) is 0 Å². The number of carbonyl (C=O) groups is 1. The van der Waals surface area contributed by atoms with Crippen LogP contribution in [0.4, 0.5) is 11.4 Å². The first kappa shape index (κ1) is 13.6. The highest BCUT2D eigenvalue weighted by Gasteiger charge is 1.94. The third-order valence-electron chi connectivity index (χ3n) is 2.57. The molecule has 0 aliphatic carbocycles. The molecule has 2 aromatic carbocycles. The monoisotopic (exact) mass is 269 g/mol. The van der Waals surface area contributed by atoms with Crippen LogP contribution in [0.3, 0.4) is 0 Å². The fourth-order valence-electron chi connectivity index (χ4n) is 1.55. The maximum absolute atomic E-state index is 10.8. The topological polar surface area (TPSA) is 73.4 Å². The molecule has 0 heterocycles. The van der Waals surface area contributed by atoms with E-state index in [0.29, 0.717) is 0 Å². The number of carbonyl (C=O) groups excluding carboxylic acids is 1. The lowest BCUT2D eigenvalue weighted by molar-refractivity contribution is -0.124. The van der Waals surface area contributed by atoms with Gasteiger partial charge in [0.1, 0.15) is 0 Å². The third-order valence-corrected chi connectivity index (χ3v) is 2.57. The van der Waals surface area contributed by atoms with Crippen LogP contribution in [0.2, 0.25) is 0 Å². The van der Waals surface area contributed by atoms with Crippen molar-refractivity contribution in [2.45, 2.75) is 0 Å². The van der Waals surface area contributed by atoms with Gasteiger partial charge in [-0.3, -0.25) is 10.0 Å². The van der Waals surface area contributed by atoms with Crippen molar-refractivity contribution in [3.05, 3.63) is 66.2 Å². The summed E-state index contributed by atoms with van der Waals surface area (Å²) < 4.78 is 0. The van der Waals surface area contributed by atoms with E-state index in [0.717, 1.165) is 16.9 Å². The zero-order valence-electron chi connectivity index (χ0n) is 10.7. The van der Waals surface area contributed by atoms with Crippen LogP contribution in [-0.2, 0) is 4.79 Å². The zero-order valence-corrected chi connectivity index (χ0v) is 10.7. The van der Waals surface area contributed by atoms with Gasteiger partial charge >= 0.3 is 0 Å². The molecule has 2 aromatic rings. The number of para-hydroxylation sites is 1. The van der Waals surface area contributed by atoms with Crippen LogP contribution in [-0.4, -0.2) is 11.1 Å². The van der Waals surface area contributed by atoms with Gasteiger partial charge in [-0.25, -0.2) is 5.48 Å². The summed E-state index contributed by atoms with van der Waals surface area (Å²) in [5, 5.41) is 8.37. The van der Waals surface area contributed by atoms with Crippen molar-refractivity contribution < 1.29 is 10.0 Å². The molecule has 1 amide bonds. The van der Waals surface area contributed by atoms with Crippen LogP contribution in [0.25, 0.3) is 6.08 Å². The summed E-state index contributed by atoms with van der Waals surface area (Å²) in [7, 11) is 0. The molecular weight excluding hydrogens is 254 g/mol. The molecule has 4 N–H and O–H groups in total. The Hall–Kier alpha value is -2.79. The fraction of sp³-hybridized carbons (Fsp3) is 0. The summed E-state index contributed by atoms with van der Waals surface area (Å²) in [5.41, 5.74) is 10.4. The quantitative estimate of drug-likeness (QED) is 0.382. The molecule has 0 unspecified atom stereocenters. The summed E-state index contributed by atoms with van der Waals surface area (Å²) >= 11 is 0. The van der Waals surface area contributed by atoms with Crippen molar-refractivity contribution in [1.82, 2.24) is 5.48 Å². The molecule has 0 atom stereocenters. The second kappa shape index (κ2) is 6.96. The molecule has 0 spiro atoms. The number of rotatable bonds is 5. The molecule has 2 rings (SSSR count). The molecular formula is C15H15N3O2. The van der Waals surface area contributed by atoms with Crippen molar-refractivity contribution in [3.8, 4) is 0 Å². The molecule has 5 nitrogen and oxygen atoms in total. The molecule has 102 valence electrons. The summed E-state index contributed by atoms with van der Waals surface area (Å²) in [6.07, 6.45) is 2.87. The molecule has 0 saturated heterocycles. The Kier molecular flexibility index (Phi) is 4.75. The highest BCUT2D eigenvalue weighted by molar-refractivity contribution is 5.90. The number of amides is 1. The van der Waals surface area contributed by atoms with E-state index in [9.17, 15) is 4.79 Å². The largest absolute Gasteiger partial charge is 0.301 e. The van der Waals surface area contributed by atoms with E-state index in [2.05, 4.69) is 10.9 Å². The lowest BCUT2D eigenvalue weighted by Gasteiger charge is -2.09. The van der Waals surface area contributed by atoms with Crippen LogP contribution in [0, 0.1) is 0 Å². The van der Waals surface area contributed by atoms with Crippen molar-refractivity contribution in [1.29, 1.82) is 0 Å². The van der Waals surface area contributed by atoms with Gasteiger partial charge in [-0.15, -0.1) is 0 Å². The molecule has 0 saturated carbocycles. The molecule has 0 aliphatic rings. The molecule has 0 bridgehead atoms. The lowest BCUT2D eigenvalue weighted by Crippen LogP contribution is -2.14. The Balaban J connectivity index is 1.91. The predicted octanol–water partition coefficient (Wildman–Crippen LogP) is 2.64. The van der Waals surface area contributed by atoms with E-state index < -0.39 is 5.91 Å². The Morgan fingerprint density at radius 1 is 0.900 bits per heavy atom. The molecule has 5 heteroatoms. The Labute approximate surface area is 116 Å². The highest BCUT2D eigenvalue weighted by Crippen LogP contribution is 2.12. The third kappa shape index (κ3) is 4.15. The van der Waals surface area contributed by atoms with Gasteiger partial charge in [0.25, 0.3) is 5.91 Å². The maximum Gasteiger partial charge on any atom is 0.267 e. The van der Waals surface area contributed by atoms with E-state index in [4.69, 9.17) is 5.21 Å². The van der Waals surface area contributed by atoms with Gasteiger partial charge in [0.15, 0.2) is 0 Å².